The van der Waals surface area contributed by atoms with E-state index in [0.29, 0.717) is 5.56 Å². The van der Waals surface area contributed by atoms with Gasteiger partial charge in [-0.25, -0.2) is 9.37 Å². The molecular formula is C14H15FN2O. The largest absolute Gasteiger partial charge is 0.335 e. The van der Waals surface area contributed by atoms with Crippen molar-refractivity contribution in [1.82, 2.24) is 9.55 Å². The van der Waals surface area contributed by atoms with Crippen molar-refractivity contribution in [2.75, 3.05) is 0 Å². The normalized spacial score (nSPS) is 10.6. The monoisotopic (exact) mass is 246 g/mol. The number of halogens is 1. The van der Waals surface area contributed by atoms with E-state index in [0.717, 1.165) is 18.8 Å². The van der Waals surface area contributed by atoms with E-state index < -0.39 is 5.82 Å². The maximum Gasteiger partial charge on any atom is 0.170 e. The quantitative estimate of drug-likeness (QED) is 0.760. The molecule has 0 aliphatic carbocycles. The van der Waals surface area contributed by atoms with Crippen LogP contribution < -0.4 is 0 Å². The van der Waals surface area contributed by atoms with E-state index >= 15 is 0 Å². The first-order valence-electron chi connectivity index (χ1n) is 5.99. The van der Waals surface area contributed by atoms with E-state index in [9.17, 15) is 9.18 Å². The van der Waals surface area contributed by atoms with E-state index in [4.69, 9.17) is 0 Å². The van der Waals surface area contributed by atoms with Gasteiger partial charge in [0, 0.05) is 24.5 Å². The van der Waals surface area contributed by atoms with Crippen LogP contribution in [0.3, 0.4) is 0 Å². The Morgan fingerprint density at radius 3 is 3.00 bits per heavy atom. The number of carbonyl (C=O) groups is 1. The van der Waals surface area contributed by atoms with Crippen LogP contribution in [0.5, 0.6) is 0 Å². The summed E-state index contributed by atoms with van der Waals surface area (Å²) < 4.78 is 15.0. The van der Waals surface area contributed by atoms with E-state index in [1.54, 1.807) is 18.3 Å². The van der Waals surface area contributed by atoms with Crippen LogP contribution in [-0.2, 0) is 13.0 Å². The van der Waals surface area contributed by atoms with Crippen LogP contribution >= 0.6 is 0 Å². The summed E-state index contributed by atoms with van der Waals surface area (Å²) in [6.45, 7) is 2.91. The third-order valence-electron chi connectivity index (χ3n) is 2.73. The van der Waals surface area contributed by atoms with Crippen LogP contribution in [0.1, 0.15) is 29.5 Å². The van der Waals surface area contributed by atoms with Crippen LogP contribution in [0.15, 0.2) is 36.7 Å². The van der Waals surface area contributed by atoms with Gasteiger partial charge < -0.3 is 4.57 Å². The molecule has 0 spiro atoms. The Hall–Kier alpha value is -1.97. The standard InChI is InChI=1S/C14H15FN2O/c1-2-7-17-8-6-16-14(17)10-13(18)11-4-3-5-12(15)9-11/h3-6,8-9H,2,7,10H2,1H3. The van der Waals surface area contributed by atoms with Gasteiger partial charge in [-0.3, -0.25) is 4.79 Å². The van der Waals surface area contributed by atoms with Gasteiger partial charge in [0.15, 0.2) is 5.78 Å². The van der Waals surface area contributed by atoms with Crippen LogP contribution in [0.25, 0.3) is 0 Å². The lowest BCUT2D eigenvalue weighted by Crippen LogP contribution is -2.10. The highest BCUT2D eigenvalue weighted by Crippen LogP contribution is 2.09. The summed E-state index contributed by atoms with van der Waals surface area (Å²) in [6.07, 6.45) is 4.73. The number of benzene rings is 1. The molecule has 1 heterocycles. The zero-order chi connectivity index (χ0) is 13.0. The zero-order valence-corrected chi connectivity index (χ0v) is 10.3. The Balaban J connectivity index is 2.14. The summed E-state index contributed by atoms with van der Waals surface area (Å²) in [5, 5.41) is 0. The average molecular weight is 246 g/mol. The topological polar surface area (TPSA) is 34.9 Å². The molecule has 94 valence electrons. The first-order chi connectivity index (χ1) is 8.70. The minimum atomic E-state index is -0.391. The molecule has 0 N–H and O–H groups in total. The highest BCUT2D eigenvalue weighted by atomic mass is 19.1. The Morgan fingerprint density at radius 2 is 2.28 bits per heavy atom. The Morgan fingerprint density at radius 1 is 1.44 bits per heavy atom. The SMILES string of the molecule is CCCn1ccnc1CC(=O)c1cccc(F)c1. The van der Waals surface area contributed by atoms with Crippen molar-refractivity contribution >= 4 is 5.78 Å². The molecule has 0 unspecified atom stereocenters. The second kappa shape index (κ2) is 5.58. The van der Waals surface area contributed by atoms with Crippen LogP contribution in [0, 0.1) is 5.82 Å². The molecule has 2 aromatic rings. The maximum absolute atomic E-state index is 13.0. The van der Waals surface area contributed by atoms with Crippen LogP contribution in [0.4, 0.5) is 4.39 Å². The third kappa shape index (κ3) is 2.83. The van der Waals surface area contributed by atoms with E-state index in [2.05, 4.69) is 11.9 Å². The maximum atomic E-state index is 13.0. The number of Topliss-reactive ketones (excluding diaryl/α,β-unsaturated/α-hetero) is 1. The first-order valence-corrected chi connectivity index (χ1v) is 5.99. The van der Waals surface area contributed by atoms with Crippen molar-refractivity contribution < 1.29 is 9.18 Å². The molecule has 0 saturated heterocycles. The molecule has 1 aromatic heterocycles. The molecular weight excluding hydrogens is 231 g/mol. The summed E-state index contributed by atoms with van der Waals surface area (Å²) in [7, 11) is 0. The lowest BCUT2D eigenvalue weighted by atomic mass is 10.1. The number of hydrogen-bond acceptors (Lipinski definition) is 2. The summed E-state index contributed by atoms with van der Waals surface area (Å²) in [6, 6.07) is 5.75. The summed E-state index contributed by atoms with van der Waals surface area (Å²) >= 11 is 0. The Labute approximate surface area is 105 Å². The van der Waals surface area contributed by atoms with Crippen molar-refractivity contribution in [2.45, 2.75) is 26.3 Å². The first kappa shape index (κ1) is 12.5. The summed E-state index contributed by atoms with van der Waals surface area (Å²) in [5.41, 5.74) is 0.390. The summed E-state index contributed by atoms with van der Waals surface area (Å²) in [4.78, 5) is 16.2. The molecule has 0 bridgehead atoms. The van der Waals surface area contributed by atoms with Crippen molar-refractivity contribution in [2.24, 2.45) is 0 Å². The smallest absolute Gasteiger partial charge is 0.170 e. The number of rotatable bonds is 5. The van der Waals surface area contributed by atoms with Crippen molar-refractivity contribution in [3.63, 3.8) is 0 Å². The van der Waals surface area contributed by atoms with Gasteiger partial charge in [-0.15, -0.1) is 0 Å². The van der Waals surface area contributed by atoms with Gasteiger partial charge in [-0.2, -0.15) is 0 Å². The van der Waals surface area contributed by atoms with Gasteiger partial charge in [0.1, 0.15) is 11.6 Å². The number of ketones is 1. The minimum Gasteiger partial charge on any atom is -0.335 e. The minimum absolute atomic E-state index is 0.113. The highest BCUT2D eigenvalue weighted by molar-refractivity contribution is 5.97. The fourth-order valence-electron chi connectivity index (χ4n) is 1.86. The third-order valence-corrected chi connectivity index (χ3v) is 2.73. The van der Waals surface area contributed by atoms with Gasteiger partial charge in [0.05, 0.1) is 6.42 Å². The molecule has 2 rings (SSSR count). The number of carbonyl (C=O) groups excluding carboxylic acids is 1. The molecule has 0 amide bonds. The highest BCUT2D eigenvalue weighted by Gasteiger charge is 2.11. The van der Waals surface area contributed by atoms with Gasteiger partial charge >= 0.3 is 0 Å². The predicted octanol–water partition coefficient (Wildman–Crippen LogP) is 2.86. The predicted molar refractivity (Wildman–Crippen MR) is 67.0 cm³/mol. The number of nitrogens with zero attached hydrogens (tertiary/aromatic N) is 2. The van der Waals surface area contributed by atoms with Gasteiger partial charge in [0.2, 0.25) is 0 Å². The molecule has 4 heteroatoms. The van der Waals surface area contributed by atoms with Gasteiger partial charge in [-0.05, 0) is 18.6 Å². The average Bonchev–Trinajstić information content (AvgIpc) is 2.77. The Bertz CT molecular complexity index is 548. The molecule has 0 atom stereocenters. The van der Waals surface area contributed by atoms with Crippen LogP contribution in [0.2, 0.25) is 0 Å². The van der Waals surface area contributed by atoms with E-state index in [1.807, 2.05) is 10.8 Å². The number of aryl methyl sites for hydroxylation is 1. The molecule has 0 aliphatic rings. The van der Waals surface area contributed by atoms with Crippen LogP contribution in [-0.4, -0.2) is 15.3 Å². The van der Waals surface area contributed by atoms with Crippen molar-refractivity contribution in [1.29, 1.82) is 0 Å². The summed E-state index contributed by atoms with van der Waals surface area (Å²) in [5.74, 6) is 0.224. The zero-order valence-electron chi connectivity index (χ0n) is 10.3. The number of imidazole rings is 1. The Kier molecular flexibility index (Phi) is 3.87. The van der Waals surface area contributed by atoms with Gasteiger partial charge in [-0.1, -0.05) is 19.1 Å². The van der Waals surface area contributed by atoms with Crippen molar-refractivity contribution in [3.8, 4) is 0 Å². The molecule has 3 nitrogen and oxygen atoms in total. The lowest BCUT2D eigenvalue weighted by molar-refractivity contribution is 0.0989. The molecule has 0 saturated carbocycles. The lowest BCUT2D eigenvalue weighted by Gasteiger charge is -2.05. The number of aromatic nitrogens is 2. The molecule has 0 aliphatic heterocycles. The van der Waals surface area contributed by atoms with E-state index in [-0.39, 0.29) is 12.2 Å². The molecule has 18 heavy (non-hydrogen) atoms. The molecule has 0 radical (unpaired) electrons. The van der Waals surface area contributed by atoms with E-state index in [1.165, 1.54) is 12.1 Å². The molecule has 0 fully saturated rings. The second-order valence-electron chi connectivity index (χ2n) is 4.15. The number of hydrogen-bond donors (Lipinski definition) is 0. The fraction of sp³-hybridized carbons (Fsp3) is 0.286. The second-order valence-corrected chi connectivity index (χ2v) is 4.15. The molecule has 1 aromatic carbocycles. The van der Waals surface area contributed by atoms with Crippen molar-refractivity contribution in [3.05, 3.63) is 53.9 Å². The van der Waals surface area contributed by atoms with Gasteiger partial charge in [0.25, 0.3) is 0 Å². The fourth-order valence-corrected chi connectivity index (χ4v) is 1.86.